The van der Waals surface area contributed by atoms with Gasteiger partial charge in [-0.05, 0) is 10.6 Å². The molecule has 3 unspecified atom stereocenters. The highest BCUT2D eigenvalue weighted by atomic mass is 31.1. The first-order valence-electron chi connectivity index (χ1n) is 4.81. The Morgan fingerprint density at radius 2 is 2.47 bits per heavy atom. The van der Waals surface area contributed by atoms with Gasteiger partial charge >= 0.3 is 19.7 Å². The molecule has 1 aromatic heterocycles. The highest BCUT2D eigenvalue weighted by molar-refractivity contribution is 7.38. The minimum absolute atomic E-state index is 0.145. The van der Waals surface area contributed by atoms with Crippen molar-refractivity contribution in [2.75, 3.05) is 12.3 Å². The molecule has 1 aliphatic heterocycles. The van der Waals surface area contributed by atoms with Gasteiger partial charge in [0.1, 0.15) is 11.9 Å². The van der Waals surface area contributed by atoms with Crippen LogP contribution in [0.5, 0.6) is 0 Å². The topological polar surface area (TPSA) is 117 Å². The SMILES string of the molecule is Nc1ccn(CC2COC([P+](=O)O)O2)c(=O)n1. The van der Waals surface area contributed by atoms with E-state index in [9.17, 15) is 9.36 Å². The zero-order valence-corrected chi connectivity index (χ0v) is 9.62. The molecular formula is C8H11N3O5P+. The van der Waals surface area contributed by atoms with Crippen LogP contribution in [0.4, 0.5) is 5.82 Å². The Morgan fingerprint density at radius 1 is 1.71 bits per heavy atom. The van der Waals surface area contributed by atoms with Crippen LogP contribution in [0.3, 0.4) is 0 Å². The van der Waals surface area contributed by atoms with E-state index in [1.165, 1.54) is 16.8 Å². The van der Waals surface area contributed by atoms with E-state index in [4.69, 9.17) is 20.1 Å². The van der Waals surface area contributed by atoms with Crippen molar-refractivity contribution in [2.45, 2.75) is 18.7 Å². The molecule has 1 aliphatic rings. The Balaban J connectivity index is 2.03. The predicted octanol–water partition coefficient (Wildman–Crippen LogP) is -0.741. The number of ether oxygens (including phenoxy) is 2. The Morgan fingerprint density at radius 3 is 3.06 bits per heavy atom. The van der Waals surface area contributed by atoms with Gasteiger partial charge in [-0.15, -0.1) is 0 Å². The number of nitrogens with zero attached hydrogens (tertiary/aromatic N) is 2. The maximum absolute atomic E-state index is 11.4. The Kier molecular flexibility index (Phi) is 3.49. The quantitative estimate of drug-likeness (QED) is 0.687. The van der Waals surface area contributed by atoms with E-state index >= 15 is 0 Å². The van der Waals surface area contributed by atoms with Crippen LogP contribution in [0.2, 0.25) is 0 Å². The molecule has 0 spiro atoms. The average Bonchev–Trinajstić information content (AvgIpc) is 2.71. The summed E-state index contributed by atoms with van der Waals surface area (Å²) in [6.45, 7) is 0.356. The molecule has 1 aromatic rings. The van der Waals surface area contributed by atoms with Crippen molar-refractivity contribution in [3.63, 3.8) is 0 Å². The molecule has 0 radical (unpaired) electrons. The highest BCUT2D eigenvalue weighted by Crippen LogP contribution is 2.30. The van der Waals surface area contributed by atoms with Gasteiger partial charge in [0.15, 0.2) is 0 Å². The van der Waals surface area contributed by atoms with Crippen LogP contribution in [0.1, 0.15) is 0 Å². The van der Waals surface area contributed by atoms with Crippen molar-refractivity contribution in [1.82, 2.24) is 9.55 Å². The van der Waals surface area contributed by atoms with Crippen molar-refractivity contribution < 1.29 is 18.9 Å². The van der Waals surface area contributed by atoms with E-state index < -0.39 is 25.9 Å². The first-order valence-corrected chi connectivity index (χ1v) is 6.09. The summed E-state index contributed by atoms with van der Waals surface area (Å²) >= 11 is 0. The third-order valence-corrected chi connectivity index (χ3v) is 2.84. The fourth-order valence-corrected chi connectivity index (χ4v) is 1.93. The molecule has 0 bridgehead atoms. The van der Waals surface area contributed by atoms with E-state index in [1.807, 2.05) is 0 Å². The van der Waals surface area contributed by atoms with Crippen molar-refractivity contribution in [1.29, 1.82) is 0 Å². The predicted molar refractivity (Wildman–Crippen MR) is 57.3 cm³/mol. The van der Waals surface area contributed by atoms with Crippen LogP contribution in [0.15, 0.2) is 17.1 Å². The Hall–Kier alpha value is -1.34. The van der Waals surface area contributed by atoms with Crippen LogP contribution in [-0.2, 0) is 20.6 Å². The van der Waals surface area contributed by atoms with Gasteiger partial charge in [0.2, 0.25) is 0 Å². The fraction of sp³-hybridized carbons (Fsp3) is 0.500. The molecule has 3 atom stereocenters. The summed E-state index contributed by atoms with van der Waals surface area (Å²) in [7, 11) is -2.53. The molecule has 2 heterocycles. The lowest BCUT2D eigenvalue weighted by molar-refractivity contribution is -0.00204. The summed E-state index contributed by atoms with van der Waals surface area (Å²) in [5.74, 6) is 0.145. The fourth-order valence-electron chi connectivity index (χ4n) is 1.44. The summed E-state index contributed by atoms with van der Waals surface area (Å²) in [5.41, 5.74) is 4.85. The molecule has 1 fully saturated rings. The van der Waals surface area contributed by atoms with Crippen LogP contribution in [-0.4, -0.2) is 33.2 Å². The van der Waals surface area contributed by atoms with Gasteiger partial charge in [-0.3, -0.25) is 4.57 Å². The smallest absolute Gasteiger partial charge is 0.383 e. The van der Waals surface area contributed by atoms with E-state index in [1.54, 1.807) is 0 Å². The maximum Gasteiger partial charge on any atom is 0.569 e. The summed E-state index contributed by atoms with van der Waals surface area (Å²) < 4.78 is 22.1. The van der Waals surface area contributed by atoms with Gasteiger partial charge in [0, 0.05) is 6.20 Å². The lowest BCUT2D eigenvalue weighted by atomic mass is 10.4. The standard InChI is InChI=1S/C8H10N3O5P/c9-6-1-2-11(7(12)10-6)3-5-4-15-8(16-5)17(13)14/h1-2,5,8H,3-4H2,(H2-,9,10,12,13,14)/p+1. The number of hydrogen-bond acceptors (Lipinski definition) is 6. The molecule has 0 saturated carbocycles. The van der Waals surface area contributed by atoms with E-state index in [2.05, 4.69) is 4.98 Å². The Labute approximate surface area is 96.8 Å². The molecule has 2 rings (SSSR count). The molecule has 1 saturated heterocycles. The van der Waals surface area contributed by atoms with Gasteiger partial charge in [0.05, 0.1) is 13.2 Å². The third-order valence-electron chi connectivity index (χ3n) is 2.21. The van der Waals surface area contributed by atoms with Crippen molar-refractivity contribution in [2.24, 2.45) is 0 Å². The number of nitrogens with two attached hydrogens (primary N) is 1. The molecule has 0 aromatic carbocycles. The van der Waals surface area contributed by atoms with E-state index in [0.29, 0.717) is 0 Å². The van der Waals surface area contributed by atoms with Crippen LogP contribution >= 0.6 is 8.03 Å². The number of anilines is 1. The second kappa shape index (κ2) is 4.89. The Bertz CT molecular complexity index is 490. The third kappa shape index (κ3) is 2.86. The lowest BCUT2D eigenvalue weighted by Gasteiger charge is -2.08. The molecule has 9 heteroatoms. The minimum atomic E-state index is -2.53. The summed E-state index contributed by atoms with van der Waals surface area (Å²) in [6, 6.07) is 0.369. The molecule has 17 heavy (non-hydrogen) atoms. The zero-order valence-electron chi connectivity index (χ0n) is 8.72. The van der Waals surface area contributed by atoms with Gasteiger partial charge in [0.25, 0.3) is 0 Å². The summed E-state index contributed by atoms with van der Waals surface area (Å²) in [6.07, 6.45) is 1.04. The average molecular weight is 260 g/mol. The molecular weight excluding hydrogens is 249 g/mol. The second-order valence-electron chi connectivity index (χ2n) is 3.49. The maximum atomic E-state index is 11.4. The monoisotopic (exact) mass is 260 g/mol. The first-order chi connectivity index (χ1) is 8.06. The van der Waals surface area contributed by atoms with Gasteiger partial charge in [-0.1, -0.05) is 0 Å². The van der Waals surface area contributed by atoms with E-state index in [-0.39, 0.29) is 19.0 Å². The number of aromatic nitrogens is 2. The van der Waals surface area contributed by atoms with Crippen molar-refractivity contribution in [3.8, 4) is 0 Å². The van der Waals surface area contributed by atoms with Gasteiger partial charge in [-0.25, -0.2) is 4.79 Å². The zero-order chi connectivity index (χ0) is 12.4. The molecule has 0 aliphatic carbocycles. The highest BCUT2D eigenvalue weighted by Gasteiger charge is 2.40. The van der Waals surface area contributed by atoms with Crippen molar-refractivity contribution >= 4 is 13.8 Å². The van der Waals surface area contributed by atoms with Crippen LogP contribution in [0.25, 0.3) is 0 Å². The molecule has 92 valence electrons. The van der Waals surface area contributed by atoms with E-state index in [0.717, 1.165) is 0 Å². The molecule has 0 amide bonds. The summed E-state index contributed by atoms with van der Waals surface area (Å²) in [5, 5.41) is 0. The number of nitrogen functional groups attached to an aromatic ring is 1. The van der Waals surface area contributed by atoms with Crippen molar-refractivity contribution in [3.05, 3.63) is 22.7 Å². The second-order valence-corrected chi connectivity index (χ2v) is 4.52. The number of rotatable bonds is 3. The molecule has 3 N–H and O–H groups in total. The lowest BCUT2D eigenvalue weighted by Crippen LogP contribution is -2.29. The van der Waals surface area contributed by atoms with Crippen LogP contribution < -0.4 is 11.4 Å². The largest absolute Gasteiger partial charge is 0.569 e. The minimum Gasteiger partial charge on any atom is -0.383 e. The van der Waals surface area contributed by atoms with Gasteiger partial charge < -0.3 is 15.2 Å². The van der Waals surface area contributed by atoms with Gasteiger partial charge in [-0.2, -0.15) is 9.88 Å². The number of hydrogen-bond donors (Lipinski definition) is 2. The normalized spacial score (nSPS) is 24.9. The molecule has 8 nitrogen and oxygen atoms in total. The van der Waals surface area contributed by atoms with Crippen LogP contribution in [0, 0.1) is 0 Å². The summed E-state index contributed by atoms with van der Waals surface area (Å²) in [4.78, 5) is 23.8. The first kappa shape index (κ1) is 12.1.